The summed E-state index contributed by atoms with van der Waals surface area (Å²) in [5.41, 5.74) is 0.880. The van der Waals surface area contributed by atoms with E-state index >= 15 is 0 Å². The number of carbonyl (C=O) groups is 1. The van der Waals surface area contributed by atoms with Crippen LogP contribution in [-0.2, 0) is 4.79 Å². The molecule has 0 aliphatic carbocycles. The Morgan fingerprint density at radius 3 is 2.79 bits per heavy atom. The predicted molar refractivity (Wildman–Crippen MR) is 79.0 cm³/mol. The first-order valence-corrected chi connectivity index (χ1v) is 6.75. The molecule has 0 saturated carbocycles. The van der Waals surface area contributed by atoms with Crippen LogP contribution in [0, 0.1) is 5.92 Å². The summed E-state index contributed by atoms with van der Waals surface area (Å²) in [7, 11) is 0. The lowest BCUT2D eigenvalue weighted by Crippen LogP contribution is -2.38. The normalized spacial score (nSPS) is 12.9. The molecule has 0 heterocycles. The van der Waals surface area contributed by atoms with Crippen molar-refractivity contribution in [1.82, 2.24) is 5.32 Å². The molecule has 0 aliphatic heterocycles. The number of carbonyl (C=O) groups excluding carboxylic acids is 1. The number of rotatable bonds is 6. The van der Waals surface area contributed by atoms with Crippen LogP contribution < -0.4 is 5.32 Å². The van der Waals surface area contributed by atoms with E-state index in [-0.39, 0.29) is 24.5 Å². The molecule has 4 heteroatoms. The lowest BCUT2D eigenvalue weighted by Gasteiger charge is -2.20. The van der Waals surface area contributed by atoms with E-state index in [1.165, 1.54) is 6.08 Å². The molecule has 0 saturated heterocycles. The number of aliphatic hydroxyl groups is 1. The van der Waals surface area contributed by atoms with E-state index in [1.807, 2.05) is 26.0 Å². The third-order valence-electron chi connectivity index (χ3n) is 2.85. The highest BCUT2D eigenvalue weighted by atomic mass is 35.5. The summed E-state index contributed by atoms with van der Waals surface area (Å²) >= 11 is 5.87. The Morgan fingerprint density at radius 2 is 2.21 bits per heavy atom. The third-order valence-corrected chi connectivity index (χ3v) is 3.08. The van der Waals surface area contributed by atoms with Crippen molar-refractivity contribution in [3.63, 3.8) is 0 Å². The van der Waals surface area contributed by atoms with E-state index in [1.54, 1.807) is 18.2 Å². The van der Waals surface area contributed by atoms with Gasteiger partial charge in [-0.3, -0.25) is 4.79 Å². The van der Waals surface area contributed by atoms with Crippen molar-refractivity contribution in [2.24, 2.45) is 5.92 Å². The van der Waals surface area contributed by atoms with Gasteiger partial charge in [-0.2, -0.15) is 0 Å². The number of amides is 1. The van der Waals surface area contributed by atoms with Crippen molar-refractivity contribution in [2.45, 2.75) is 26.3 Å². The fourth-order valence-corrected chi connectivity index (χ4v) is 1.92. The van der Waals surface area contributed by atoms with Gasteiger partial charge < -0.3 is 10.4 Å². The van der Waals surface area contributed by atoms with Crippen LogP contribution in [0.5, 0.6) is 0 Å². The maximum Gasteiger partial charge on any atom is 0.244 e. The summed E-state index contributed by atoms with van der Waals surface area (Å²) in [6.07, 6.45) is 3.77. The molecule has 1 rings (SSSR count). The standard InChI is InChI=1S/C15H20ClNO2/c1-11(2)14(8-9-18)17-15(19)7-6-12-4-3-5-13(16)10-12/h3-7,10-11,14,18H,8-9H2,1-2H3,(H,17,19)/b7-6+. The molecule has 0 fully saturated rings. The number of benzene rings is 1. The maximum absolute atomic E-state index is 11.8. The van der Waals surface area contributed by atoms with Crippen molar-refractivity contribution in [1.29, 1.82) is 0 Å². The van der Waals surface area contributed by atoms with Crippen molar-refractivity contribution in [3.05, 3.63) is 40.9 Å². The second-order valence-corrected chi connectivity index (χ2v) is 5.20. The lowest BCUT2D eigenvalue weighted by molar-refractivity contribution is -0.117. The zero-order valence-electron chi connectivity index (χ0n) is 11.3. The number of hydrogen-bond donors (Lipinski definition) is 2. The van der Waals surface area contributed by atoms with Crippen LogP contribution in [0.25, 0.3) is 6.08 Å². The van der Waals surface area contributed by atoms with Crippen LogP contribution in [0.15, 0.2) is 30.3 Å². The average molecular weight is 282 g/mol. The minimum Gasteiger partial charge on any atom is -0.396 e. The van der Waals surface area contributed by atoms with Gasteiger partial charge in [0.15, 0.2) is 0 Å². The molecule has 1 amide bonds. The van der Waals surface area contributed by atoms with E-state index < -0.39 is 0 Å². The molecule has 19 heavy (non-hydrogen) atoms. The van der Waals surface area contributed by atoms with Gasteiger partial charge in [0.2, 0.25) is 5.91 Å². The van der Waals surface area contributed by atoms with Gasteiger partial charge in [-0.15, -0.1) is 0 Å². The first-order chi connectivity index (χ1) is 9.02. The minimum absolute atomic E-state index is 0.0125. The average Bonchev–Trinajstić information content (AvgIpc) is 2.36. The number of nitrogens with one attached hydrogen (secondary N) is 1. The van der Waals surface area contributed by atoms with E-state index in [0.29, 0.717) is 11.4 Å². The molecular weight excluding hydrogens is 262 g/mol. The molecule has 3 nitrogen and oxygen atoms in total. The molecule has 1 unspecified atom stereocenters. The molecule has 1 atom stereocenters. The highest BCUT2D eigenvalue weighted by Crippen LogP contribution is 2.12. The van der Waals surface area contributed by atoms with Crippen molar-refractivity contribution >= 4 is 23.6 Å². The summed E-state index contributed by atoms with van der Waals surface area (Å²) in [4.78, 5) is 11.8. The zero-order chi connectivity index (χ0) is 14.3. The zero-order valence-corrected chi connectivity index (χ0v) is 12.0. The fraction of sp³-hybridized carbons (Fsp3) is 0.400. The van der Waals surface area contributed by atoms with Gasteiger partial charge in [-0.25, -0.2) is 0 Å². The predicted octanol–water partition coefficient (Wildman–Crippen LogP) is 2.88. The van der Waals surface area contributed by atoms with Gasteiger partial charge in [0.1, 0.15) is 0 Å². The van der Waals surface area contributed by atoms with E-state index in [0.717, 1.165) is 5.56 Å². The van der Waals surface area contributed by atoms with Gasteiger partial charge >= 0.3 is 0 Å². The topological polar surface area (TPSA) is 49.3 Å². The first-order valence-electron chi connectivity index (χ1n) is 6.38. The second kappa shape index (κ2) is 7.97. The van der Waals surface area contributed by atoms with E-state index in [4.69, 9.17) is 16.7 Å². The Bertz CT molecular complexity index is 444. The van der Waals surface area contributed by atoms with Crippen molar-refractivity contribution < 1.29 is 9.90 Å². The Kier molecular flexibility index (Phi) is 6.60. The summed E-state index contributed by atoms with van der Waals surface area (Å²) in [5, 5.41) is 12.5. The van der Waals surface area contributed by atoms with Gasteiger partial charge in [0.25, 0.3) is 0 Å². The fourth-order valence-electron chi connectivity index (χ4n) is 1.72. The first kappa shape index (κ1) is 15.7. The highest BCUT2D eigenvalue weighted by Gasteiger charge is 2.13. The Labute approximate surface area is 119 Å². The Hall–Kier alpha value is -1.32. The van der Waals surface area contributed by atoms with Crippen LogP contribution in [0.1, 0.15) is 25.8 Å². The van der Waals surface area contributed by atoms with Crippen molar-refractivity contribution in [3.8, 4) is 0 Å². The molecule has 1 aromatic rings. The van der Waals surface area contributed by atoms with Crippen LogP contribution >= 0.6 is 11.6 Å². The number of hydrogen-bond acceptors (Lipinski definition) is 2. The smallest absolute Gasteiger partial charge is 0.244 e. The summed E-state index contributed by atoms with van der Waals surface area (Å²) in [6, 6.07) is 7.28. The molecular formula is C15H20ClNO2. The molecule has 0 bridgehead atoms. The van der Waals surface area contributed by atoms with Gasteiger partial charge in [-0.1, -0.05) is 37.6 Å². The third kappa shape index (κ3) is 5.90. The minimum atomic E-state index is -0.160. The van der Waals surface area contributed by atoms with E-state index in [9.17, 15) is 4.79 Å². The van der Waals surface area contributed by atoms with Crippen LogP contribution in [-0.4, -0.2) is 23.7 Å². The molecule has 104 valence electrons. The molecule has 1 aromatic carbocycles. The van der Waals surface area contributed by atoms with Crippen LogP contribution in [0.3, 0.4) is 0 Å². The molecule has 0 aromatic heterocycles. The summed E-state index contributed by atoms with van der Waals surface area (Å²) in [5.74, 6) is 0.128. The highest BCUT2D eigenvalue weighted by molar-refractivity contribution is 6.30. The summed E-state index contributed by atoms with van der Waals surface area (Å²) < 4.78 is 0. The maximum atomic E-state index is 11.8. The lowest BCUT2D eigenvalue weighted by atomic mass is 10.0. The second-order valence-electron chi connectivity index (χ2n) is 4.76. The van der Waals surface area contributed by atoms with Gasteiger partial charge in [0, 0.05) is 23.7 Å². The molecule has 0 radical (unpaired) electrons. The summed E-state index contributed by atoms with van der Waals surface area (Å²) in [6.45, 7) is 4.10. The molecule has 2 N–H and O–H groups in total. The van der Waals surface area contributed by atoms with Gasteiger partial charge in [0.05, 0.1) is 0 Å². The Morgan fingerprint density at radius 1 is 1.47 bits per heavy atom. The SMILES string of the molecule is CC(C)C(CCO)NC(=O)/C=C/c1cccc(Cl)c1. The number of halogens is 1. The monoisotopic (exact) mass is 281 g/mol. The molecule has 0 aliphatic rings. The molecule has 0 spiro atoms. The van der Waals surface area contributed by atoms with Crippen molar-refractivity contribution in [2.75, 3.05) is 6.61 Å². The van der Waals surface area contributed by atoms with Crippen LogP contribution in [0.2, 0.25) is 5.02 Å². The Balaban J connectivity index is 2.59. The number of aliphatic hydroxyl groups excluding tert-OH is 1. The van der Waals surface area contributed by atoms with Crippen LogP contribution in [0.4, 0.5) is 0 Å². The quantitative estimate of drug-likeness (QED) is 0.788. The van der Waals surface area contributed by atoms with Gasteiger partial charge in [-0.05, 0) is 36.1 Å². The van der Waals surface area contributed by atoms with E-state index in [2.05, 4.69) is 5.32 Å². The largest absolute Gasteiger partial charge is 0.396 e.